The molecule has 1 aromatic rings. The van der Waals surface area contributed by atoms with Crippen molar-refractivity contribution in [2.45, 2.75) is 51.1 Å². The van der Waals surface area contributed by atoms with Gasteiger partial charge < -0.3 is 11.1 Å². The summed E-state index contributed by atoms with van der Waals surface area (Å²) in [6.45, 7) is 5.15. The van der Waals surface area contributed by atoms with Gasteiger partial charge in [0.1, 0.15) is 0 Å². The van der Waals surface area contributed by atoms with Crippen LogP contribution in [0.3, 0.4) is 0 Å². The van der Waals surface area contributed by atoms with Crippen LogP contribution in [0.15, 0.2) is 24.3 Å². The van der Waals surface area contributed by atoms with Crippen LogP contribution in [0.5, 0.6) is 0 Å². The zero-order valence-corrected chi connectivity index (χ0v) is 11.0. The number of rotatable bonds is 4. The normalized spacial score (nSPS) is 25.4. The number of nitrogens with two attached hydrogens (primary N) is 1. The summed E-state index contributed by atoms with van der Waals surface area (Å²) in [6, 6.07) is 9.28. The van der Waals surface area contributed by atoms with E-state index in [1.807, 2.05) is 0 Å². The number of fused-ring (bicyclic) bond motifs is 1. The molecule has 17 heavy (non-hydrogen) atoms. The third-order valence-corrected chi connectivity index (χ3v) is 4.07. The van der Waals surface area contributed by atoms with E-state index in [0.29, 0.717) is 12.6 Å². The van der Waals surface area contributed by atoms with Crippen molar-refractivity contribution < 1.29 is 0 Å². The zero-order chi connectivity index (χ0) is 12.3. The fourth-order valence-electron chi connectivity index (χ4n) is 2.92. The molecular formula is C15H24N2. The molecule has 0 spiro atoms. The third kappa shape index (κ3) is 2.38. The van der Waals surface area contributed by atoms with E-state index in [1.54, 1.807) is 0 Å². The second-order valence-corrected chi connectivity index (χ2v) is 5.25. The maximum absolute atomic E-state index is 6.09. The van der Waals surface area contributed by atoms with Gasteiger partial charge in [-0.05, 0) is 43.7 Å². The van der Waals surface area contributed by atoms with Crippen LogP contribution in [-0.4, -0.2) is 12.6 Å². The van der Waals surface area contributed by atoms with Gasteiger partial charge in [-0.3, -0.25) is 0 Å². The summed E-state index contributed by atoms with van der Waals surface area (Å²) in [5.74, 6) is 0. The van der Waals surface area contributed by atoms with Crippen molar-refractivity contribution in [3.05, 3.63) is 35.4 Å². The highest BCUT2D eigenvalue weighted by Gasteiger charge is 2.35. The van der Waals surface area contributed by atoms with Gasteiger partial charge in [-0.15, -0.1) is 0 Å². The van der Waals surface area contributed by atoms with Gasteiger partial charge in [0.15, 0.2) is 0 Å². The highest BCUT2D eigenvalue weighted by atomic mass is 15.0. The summed E-state index contributed by atoms with van der Waals surface area (Å²) in [5.41, 5.74) is 9.00. The monoisotopic (exact) mass is 232 g/mol. The van der Waals surface area contributed by atoms with Crippen molar-refractivity contribution in [1.82, 2.24) is 5.32 Å². The quantitative estimate of drug-likeness (QED) is 0.837. The third-order valence-electron chi connectivity index (χ3n) is 4.07. The molecule has 1 aromatic carbocycles. The Bertz CT molecular complexity index is 375. The molecule has 1 aliphatic rings. The van der Waals surface area contributed by atoms with Crippen molar-refractivity contribution >= 4 is 0 Å². The van der Waals surface area contributed by atoms with Crippen molar-refractivity contribution in [3.63, 3.8) is 0 Å². The highest BCUT2D eigenvalue weighted by Crippen LogP contribution is 2.35. The first-order valence-electron chi connectivity index (χ1n) is 6.78. The summed E-state index contributed by atoms with van der Waals surface area (Å²) < 4.78 is 0. The molecule has 0 amide bonds. The Kier molecular flexibility index (Phi) is 3.85. The largest absolute Gasteiger partial charge is 0.328 e. The lowest BCUT2D eigenvalue weighted by molar-refractivity contribution is 0.261. The Morgan fingerprint density at radius 1 is 1.41 bits per heavy atom. The number of hydrogen-bond donors (Lipinski definition) is 2. The number of hydrogen-bond acceptors (Lipinski definition) is 2. The molecule has 0 aromatic heterocycles. The van der Waals surface area contributed by atoms with Crippen LogP contribution >= 0.6 is 0 Å². The molecular weight excluding hydrogens is 208 g/mol. The van der Waals surface area contributed by atoms with Gasteiger partial charge in [-0.2, -0.15) is 0 Å². The second kappa shape index (κ2) is 5.19. The van der Waals surface area contributed by atoms with Crippen molar-refractivity contribution in [3.8, 4) is 0 Å². The Labute approximate surface area is 105 Å². The average Bonchev–Trinajstić information content (AvgIpc) is 2.39. The molecule has 0 saturated carbocycles. The van der Waals surface area contributed by atoms with Crippen LogP contribution in [0, 0.1) is 0 Å². The summed E-state index contributed by atoms with van der Waals surface area (Å²) in [6.07, 6.45) is 4.73. The molecule has 2 heteroatoms. The summed E-state index contributed by atoms with van der Waals surface area (Å²) in [7, 11) is 0. The highest BCUT2D eigenvalue weighted by molar-refractivity contribution is 5.36. The Morgan fingerprint density at radius 2 is 2.18 bits per heavy atom. The first kappa shape index (κ1) is 12.6. The van der Waals surface area contributed by atoms with E-state index in [9.17, 15) is 0 Å². The van der Waals surface area contributed by atoms with Crippen LogP contribution in [-0.2, 0) is 12.0 Å². The molecule has 0 heterocycles. The minimum Gasteiger partial charge on any atom is -0.328 e. The van der Waals surface area contributed by atoms with Gasteiger partial charge in [0.2, 0.25) is 0 Å². The van der Waals surface area contributed by atoms with Crippen molar-refractivity contribution in [2.75, 3.05) is 6.54 Å². The first-order chi connectivity index (χ1) is 8.22. The van der Waals surface area contributed by atoms with E-state index in [-0.39, 0.29) is 5.54 Å². The number of nitrogens with one attached hydrogen (secondary N) is 1. The molecule has 0 fully saturated rings. The Morgan fingerprint density at radius 3 is 2.88 bits per heavy atom. The molecule has 0 aliphatic heterocycles. The van der Waals surface area contributed by atoms with Crippen LogP contribution < -0.4 is 11.1 Å². The van der Waals surface area contributed by atoms with E-state index in [0.717, 1.165) is 12.8 Å². The van der Waals surface area contributed by atoms with E-state index in [4.69, 9.17) is 5.73 Å². The lowest BCUT2D eigenvalue weighted by Crippen LogP contribution is -2.53. The molecule has 2 nitrogen and oxygen atoms in total. The number of aryl methyl sites for hydroxylation is 1. The zero-order valence-electron chi connectivity index (χ0n) is 11.0. The number of benzene rings is 1. The van der Waals surface area contributed by atoms with E-state index in [2.05, 4.69) is 43.4 Å². The lowest BCUT2D eigenvalue weighted by Gasteiger charge is -2.41. The molecule has 0 bridgehead atoms. The SMILES string of the molecule is CCC(C)NC1(CN)CCCc2ccccc21. The molecule has 94 valence electrons. The minimum absolute atomic E-state index is 0.00424. The molecule has 2 unspecified atom stereocenters. The standard InChI is InChI=1S/C15H24N2/c1-3-12(2)17-15(11-16)10-6-8-13-7-4-5-9-14(13)15/h4-5,7,9,12,17H,3,6,8,10-11,16H2,1-2H3. The lowest BCUT2D eigenvalue weighted by atomic mass is 9.76. The predicted molar refractivity (Wildman–Crippen MR) is 73.0 cm³/mol. The fourth-order valence-corrected chi connectivity index (χ4v) is 2.92. The average molecular weight is 232 g/mol. The van der Waals surface area contributed by atoms with E-state index >= 15 is 0 Å². The van der Waals surface area contributed by atoms with Crippen LogP contribution in [0.4, 0.5) is 0 Å². The van der Waals surface area contributed by atoms with Crippen LogP contribution in [0.1, 0.15) is 44.2 Å². The van der Waals surface area contributed by atoms with Gasteiger partial charge in [-0.1, -0.05) is 31.2 Å². The van der Waals surface area contributed by atoms with Gasteiger partial charge in [0.05, 0.1) is 5.54 Å². The predicted octanol–water partition coefficient (Wildman–Crippen LogP) is 2.57. The van der Waals surface area contributed by atoms with E-state index < -0.39 is 0 Å². The van der Waals surface area contributed by atoms with Crippen molar-refractivity contribution in [1.29, 1.82) is 0 Å². The maximum Gasteiger partial charge on any atom is 0.0563 e. The molecule has 2 atom stereocenters. The fraction of sp³-hybridized carbons (Fsp3) is 0.600. The summed E-state index contributed by atoms with van der Waals surface area (Å²) in [5, 5.41) is 3.76. The molecule has 1 aliphatic carbocycles. The Hall–Kier alpha value is -0.860. The van der Waals surface area contributed by atoms with Gasteiger partial charge in [0, 0.05) is 12.6 Å². The topological polar surface area (TPSA) is 38.0 Å². The minimum atomic E-state index is 0.00424. The molecule has 0 radical (unpaired) electrons. The van der Waals surface area contributed by atoms with Crippen LogP contribution in [0.2, 0.25) is 0 Å². The van der Waals surface area contributed by atoms with Gasteiger partial charge in [-0.25, -0.2) is 0 Å². The maximum atomic E-state index is 6.09. The Balaban J connectivity index is 2.35. The van der Waals surface area contributed by atoms with E-state index in [1.165, 1.54) is 24.0 Å². The van der Waals surface area contributed by atoms with Crippen LogP contribution in [0.25, 0.3) is 0 Å². The summed E-state index contributed by atoms with van der Waals surface area (Å²) >= 11 is 0. The molecule has 2 rings (SSSR count). The van der Waals surface area contributed by atoms with Gasteiger partial charge >= 0.3 is 0 Å². The van der Waals surface area contributed by atoms with Crippen molar-refractivity contribution in [2.24, 2.45) is 5.73 Å². The second-order valence-electron chi connectivity index (χ2n) is 5.25. The first-order valence-corrected chi connectivity index (χ1v) is 6.78. The van der Waals surface area contributed by atoms with Gasteiger partial charge in [0.25, 0.3) is 0 Å². The molecule has 0 saturated heterocycles. The summed E-state index contributed by atoms with van der Waals surface area (Å²) in [4.78, 5) is 0. The molecule has 3 N–H and O–H groups in total. The smallest absolute Gasteiger partial charge is 0.0563 e.